The summed E-state index contributed by atoms with van der Waals surface area (Å²) >= 11 is 0. The van der Waals surface area contributed by atoms with Gasteiger partial charge >= 0.3 is 12.1 Å². The average molecular weight is 462 g/mol. The van der Waals surface area contributed by atoms with Gasteiger partial charge < -0.3 is 13.9 Å². The number of furan rings is 1. The zero-order chi connectivity index (χ0) is 24.0. The van der Waals surface area contributed by atoms with Crippen LogP contribution >= 0.6 is 0 Å². The summed E-state index contributed by atoms with van der Waals surface area (Å²) in [5.41, 5.74) is 3.74. The number of ether oxygens (including phenoxy) is 2. The van der Waals surface area contributed by atoms with Crippen LogP contribution in [-0.2, 0) is 15.7 Å². The zero-order valence-corrected chi connectivity index (χ0v) is 17.1. The predicted molar refractivity (Wildman–Crippen MR) is 108 cm³/mol. The third-order valence-corrected chi connectivity index (χ3v) is 4.28. The molecule has 0 bridgehead atoms. The van der Waals surface area contributed by atoms with Crippen LogP contribution < -0.4 is 15.6 Å². The van der Waals surface area contributed by atoms with Crippen LogP contribution in [0, 0.1) is 0 Å². The van der Waals surface area contributed by atoms with Crippen molar-refractivity contribution in [2.24, 2.45) is 0 Å². The van der Waals surface area contributed by atoms with Crippen molar-refractivity contribution >= 4 is 17.8 Å². The van der Waals surface area contributed by atoms with Crippen LogP contribution in [0.15, 0.2) is 65.1 Å². The number of alkyl halides is 3. The molecule has 2 N–H and O–H groups in total. The van der Waals surface area contributed by atoms with E-state index in [1.165, 1.54) is 43.5 Å². The number of hydrogen-bond acceptors (Lipinski definition) is 6. The molecule has 0 fully saturated rings. The van der Waals surface area contributed by atoms with Crippen molar-refractivity contribution < 1.29 is 41.4 Å². The summed E-state index contributed by atoms with van der Waals surface area (Å²) in [6, 6.07) is 13.0. The number of halogens is 3. The van der Waals surface area contributed by atoms with Crippen LogP contribution in [0.25, 0.3) is 11.3 Å². The highest BCUT2D eigenvalue weighted by atomic mass is 19.4. The van der Waals surface area contributed by atoms with E-state index >= 15 is 0 Å². The molecule has 1 aromatic heterocycles. The SMILES string of the molecule is COc1ccc(C(=O)NNC(=O)COC(=O)c2ccc(-c3cccc(C(F)(F)F)c3)o2)cc1. The number of carbonyl (C=O) groups excluding carboxylic acids is 3. The number of hydrogen-bond donors (Lipinski definition) is 2. The van der Waals surface area contributed by atoms with E-state index in [2.05, 4.69) is 10.9 Å². The van der Waals surface area contributed by atoms with Gasteiger partial charge in [0.15, 0.2) is 6.61 Å². The predicted octanol–water partition coefficient (Wildman–Crippen LogP) is 3.59. The molecule has 0 aliphatic rings. The van der Waals surface area contributed by atoms with E-state index in [4.69, 9.17) is 13.9 Å². The second-order valence-corrected chi connectivity index (χ2v) is 6.55. The van der Waals surface area contributed by atoms with Crippen molar-refractivity contribution in [2.45, 2.75) is 6.18 Å². The molecule has 0 unspecified atom stereocenters. The van der Waals surface area contributed by atoms with Crippen LogP contribution in [0.3, 0.4) is 0 Å². The molecule has 2 amide bonds. The lowest BCUT2D eigenvalue weighted by molar-refractivity contribution is -0.137. The van der Waals surface area contributed by atoms with E-state index in [0.29, 0.717) is 5.75 Å². The highest BCUT2D eigenvalue weighted by Crippen LogP contribution is 2.32. The highest BCUT2D eigenvalue weighted by Gasteiger charge is 2.30. The molecule has 0 radical (unpaired) electrons. The van der Waals surface area contributed by atoms with Crippen LogP contribution in [0.2, 0.25) is 0 Å². The first-order valence-electron chi connectivity index (χ1n) is 9.35. The minimum Gasteiger partial charge on any atom is -0.497 e. The van der Waals surface area contributed by atoms with Gasteiger partial charge in [-0.2, -0.15) is 13.2 Å². The first-order valence-corrected chi connectivity index (χ1v) is 9.35. The van der Waals surface area contributed by atoms with Gasteiger partial charge in [-0.1, -0.05) is 12.1 Å². The Morgan fingerprint density at radius 2 is 1.70 bits per heavy atom. The molecule has 33 heavy (non-hydrogen) atoms. The van der Waals surface area contributed by atoms with E-state index in [1.807, 2.05) is 0 Å². The Labute approximate surface area is 185 Å². The van der Waals surface area contributed by atoms with Crippen molar-refractivity contribution in [1.29, 1.82) is 0 Å². The van der Waals surface area contributed by atoms with Crippen LogP contribution in [0.1, 0.15) is 26.5 Å². The molecule has 0 atom stereocenters. The van der Waals surface area contributed by atoms with E-state index < -0.39 is 36.1 Å². The van der Waals surface area contributed by atoms with Gasteiger partial charge in [-0.15, -0.1) is 0 Å². The molecule has 0 aliphatic carbocycles. The third-order valence-electron chi connectivity index (χ3n) is 4.28. The molecule has 8 nitrogen and oxygen atoms in total. The fraction of sp³-hybridized carbons (Fsp3) is 0.136. The van der Waals surface area contributed by atoms with Crippen molar-refractivity contribution in [1.82, 2.24) is 10.9 Å². The summed E-state index contributed by atoms with van der Waals surface area (Å²) in [5.74, 6) is -2.17. The minimum absolute atomic E-state index is 0.0178. The largest absolute Gasteiger partial charge is 0.497 e. The maximum absolute atomic E-state index is 12.9. The molecule has 0 saturated carbocycles. The van der Waals surface area contributed by atoms with Crippen molar-refractivity contribution in [3.8, 4) is 17.1 Å². The van der Waals surface area contributed by atoms with Gasteiger partial charge in [0.2, 0.25) is 5.76 Å². The number of amides is 2. The Bertz CT molecular complexity index is 1160. The van der Waals surface area contributed by atoms with Crippen molar-refractivity contribution in [3.05, 3.63) is 77.6 Å². The summed E-state index contributed by atoms with van der Waals surface area (Å²) in [7, 11) is 1.48. The normalized spacial score (nSPS) is 10.9. The number of carbonyl (C=O) groups is 3. The number of nitrogens with one attached hydrogen (secondary N) is 2. The van der Waals surface area contributed by atoms with Gasteiger partial charge in [-0.25, -0.2) is 4.79 Å². The van der Waals surface area contributed by atoms with E-state index in [9.17, 15) is 27.6 Å². The van der Waals surface area contributed by atoms with Crippen LogP contribution in [0.5, 0.6) is 5.75 Å². The van der Waals surface area contributed by atoms with E-state index in [0.717, 1.165) is 12.1 Å². The quantitative estimate of drug-likeness (QED) is 0.428. The number of hydrazine groups is 1. The molecule has 1 heterocycles. The molecule has 2 aromatic carbocycles. The molecular weight excluding hydrogens is 445 g/mol. The first kappa shape index (κ1) is 23.4. The molecule has 0 saturated heterocycles. The van der Waals surface area contributed by atoms with Crippen molar-refractivity contribution in [2.75, 3.05) is 13.7 Å². The van der Waals surface area contributed by atoms with Gasteiger partial charge in [-0.3, -0.25) is 20.4 Å². The maximum Gasteiger partial charge on any atom is 0.416 e. The number of rotatable bonds is 6. The molecule has 172 valence electrons. The molecule has 0 spiro atoms. The van der Waals surface area contributed by atoms with Gasteiger partial charge in [0.05, 0.1) is 12.7 Å². The van der Waals surface area contributed by atoms with Crippen LogP contribution in [0.4, 0.5) is 13.2 Å². The highest BCUT2D eigenvalue weighted by molar-refractivity contribution is 5.96. The smallest absolute Gasteiger partial charge is 0.416 e. The Morgan fingerprint density at radius 1 is 0.970 bits per heavy atom. The Morgan fingerprint density at radius 3 is 2.36 bits per heavy atom. The monoisotopic (exact) mass is 462 g/mol. The summed E-state index contributed by atoms with van der Waals surface area (Å²) in [5, 5.41) is 0. The topological polar surface area (TPSA) is 107 Å². The van der Waals surface area contributed by atoms with E-state index in [-0.39, 0.29) is 22.6 Å². The van der Waals surface area contributed by atoms with Crippen LogP contribution in [-0.4, -0.2) is 31.5 Å². The van der Waals surface area contributed by atoms with Gasteiger partial charge in [0.25, 0.3) is 11.8 Å². The lowest BCUT2D eigenvalue weighted by Crippen LogP contribution is -2.43. The molecular formula is C22H17F3N2O6. The number of benzene rings is 2. The first-order chi connectivity index (χ1) is 15.7. The molecule has 3 aromatic rings. The fourth-order valence-corrected chi connectivity index (χ4v) is 2.63. The third kappa shape index (κ3) is 6.12. The molecule has 11 heteroatoms. The summed E-state index contributed by atoms with van der Waals surface area (Å²) in [6.07, 6.45) is -4.53. The second-order valence-electron chi connectivity index (χ2n) is 6.55. The number of esters is 1. The number of methoxy groups -OCH3 is 1. The summed E-state index contributed by atoms with van der Waals surface area (Å²) < 4.78 is 53.6. The maximum atomic E-state index is 12.9. The Hall–Kier alpha value is -4.28. The van der Waals surface area contributed by atoms with Gasteiger partial charge in [-0.05, 0) is 48.5 Å². The van der Waals surface area contributed by atoms with Gasteiger partial charge in [0.1, 0.15) is 11.5 Å². The zero-order valence-electron chi connectivity index (χ0n) is 17.1. The lowest BCUT2D eigenvalue weighted by Gasteiger charge is -2.08. The minimum atomic E-state index is -4.53. The van der Waals surface area contributed by atoms with E-state index in [1.54, 1.807) is 12.1 Å². The van der Waals surface area contributed by atoms with Gasteiger partial charge in [0, 0.05) is 11.1 Å². The lowest BCUT2D eigenvalue weighted by atomic mass is 10.1. The molecule has 3 rings (SSSR count). The fourth-order valence-electron chi connectivity index (χ4n) is 2.63. The van der Waals surface area contributed by atoms with Crippen molar-refractivity contribution in [3.63, 3.8) is 0 Å². The second kappa shape index (κ2) is 9.90. The standard InChI is InChI=1S/C22H17F3N2O6/c1-31-16-7-5-13(6-8-16)20(29)27-26-19(28)12-32-21(30)18-10-9-17(33-18)14-3-2-4-15(11-14)22(23,24)25/h2-11H,12H2,1H3,(H,26,28)(H,27,29). The Kier molecular flexibility index (Phi) is 7.01. The average Bonchev–Trinajstić information content (AvgIpc) is 3.31. The molecule has 0 aliphatic heterocycles. The summed E-state index contributed by atoms with van der Waals surface area (Å²) in [4.78, 5) is 35.8. The Balaban J connectivity index is 1.51. The summed E-state index contributed by atoms with van der Waals surface area (Å²) in [6.45, 7) is -0.735.